The summed E-state index contributed by atoms with van der Waals surface area (Å²) in [5.41, 5.74) is 0.0870. The zero-order chi connectivity index (χ0) is 12.4. The number of nitrogens with zero attached hydrogens (tertiary/aromatic N) is 2. The van der Waals surface area contributed by atoms with E-state index in [-0.39, 0.29) is 11.1 Å². The Hall–Kier alpha value is -1.76. The molecule has 1 aromatic heterocycles. The second-order valence-corrected chi connectivity index (χ2v) is 4.16. The second kappa shape index (κ2) is 4.62. The molecule has 1 unspecified atom stereocenters. The lowest BCUT2D eigenvalue weighted by molar-refractivity contribution is 0.191. The van der Waals surface area contributed by atoms with Gasteiger partial charge in [-0.2, -0.15) is 5.10 Å². The molecule has 1 saturated heterocycles. The van der Waals surface area contributed by atoms with Crippen LogP contribution in [0, 0.1) is 0 Å². The maximum Gasteiger partial charge on any atom is 0.404 e. The Morgan fingerprint density at radius 3 is 3.18 bits per heavy atom. The molecule has 7 nitrogen and oxygen atoms in total. The third-order valence-corrected chi connectivity index (χ3v) is 3.00. The minimum Gasteiger partial charge on any atom is -0.465 e. The number of aromatic nitrogens is 2. The van der Waals surface area contributed by atoms with Crippen molar-refractivity contribution in [1.29, 1.82) is 0 Å². The zero-order valence-electron chi connectivity index (χ0n) is 8.81. The standard InChI is InChI=1S/C9H11ClN4O3/c10-7-6(3-11-13-8(7)15)14-2-1-5(4-14)12-9(16)17/h3,5,12H,1-2,4H2,(H,13,15)(H,16,17). The molecule has 1 aliphatic rings. The quantitative estimate of drug-likeness (QED) is 0.707. The number of carboxylic acid groups (broad SMARTS) is 1. The SMILES string of the molecule is O=C(O)NC1CCN(c2cn[nH]c(=O)c2Cl)C1. The van der Waals surface area contributed by atoms with Crippen LogP contribution in [0.2, 0.25) is 5.02 Å². The molecular formula is C9H11ClN4O3. The van der Waals surface area contributed by atoms with Gasteiger partial charge in [0.05, 0.1) is 17.9 Å². The summed E-state index contributed by atoms with van der Waals surface area (Å²) in [5, 5.41) is 17.0. The smallest absolute Gasteiger partial charge is 0.404 e. The van der Waals surface area contributed by atoms with Crippen LogP contribution in [0.15, 0.2) is 11.0 Å². The van der Waals surface area contributed by atoms with Gasteiger partial charge in [0, 0.05) is 13.1 Å². The molecule has 2 rings (SSSR count). The number of amides is 1. The van der Waals surface area contributed by atoms with Gasteiger partial charge >= 0.3 is 6.09 Å². The topological polar surface area (TPSA) is 98.3 Å². The fraction of sp³-hybridized carbons (Fsp3) is 0.444. The summed E-state index contributed by atoms with van der Waals surface area (Å²) < 4.78 is 0. The van der Waals surface area contributed by atoms with E-state index >= 15 is 0 Å². The number of halogens is 1. The highest BCUT2D eigenvalue weighted by Crippen LogP contribution is 2.24. The molecule has 0 saturated carbocycles. The largest absolute Gasteiger partial charge is 0.465 e. The summed E-state index contributed by atoms with van der Waals surface area (Å²) in [7, 11) is 0. The van der Waals surface area contributed by atoms with Crippen LogP contribution in [0.1, 0.15) is 6.42 Å². The number of aromatic amines is 1. The van der Waals surface area contributed by atoms with E-state index in [9.17, 15) is 9.59 Å². The molecule has 2 heterocycles. The Kier molecular flexibility index (Phi) is 3.19. The third kappa shape index (κ3) is 2.50. The van der Waals surface area contributed by atoms with Crippen LogP contribution in [0.3, 0.4) is 0 Å². The minimum atomic E-state index is -1.05. The Morgan fingerprint density at radius 1 is 1.71 bits per heavy atom. The van der Waals surface area contributed by atoms with Gasteiger partial charge in [0.15, 0.2) is 0 Å². The minimum absolute atomic E-state index is 0.0796. The lowest BCUT2D eigenvalue weighted by Crippen LogP contribution is -2.36. The summed E-state index contributed by atoms with van der Waals surface area (Å²) in [6.07, 6.45) is 1.09. The molecular weight excluding hydrogens is 248 g/mol. The Balaban J connectivity index is 2.12. The Bertz CT molecular complexity index is 489. The van der Waals surface area contributed by atoms with Crippen molar-refractivity contribution in [3.05, 3.63) is 21.6 Å². The number of anilines is 1. The van der Waals surface area contributed by atoms with E-state index in [1.54, 1.807) is 0 Å². The van der Waals surface area contributed by atoms with E-state index in [1.165, 1.54) is 6.20 Å². The molecule has 17 heavy (non-hydrogen) atoms. The average Bonchev–Trinajstić information content (AvgIpc) is 2.69. The van der Waals surface area contributed by atoms with Gasteiger partial charge in [-0.1, -0.05) is 11.6 Å². The molecule has 1 aromatic rings. The van der Waals surface area contributed by atoms with Crippen LogP contribution in [0.25, 0.3) is 0 Å². The van der Waals surface area contributed by atoms with E-state index in [0.29, 0.717) is 25.2 Å². The van der Waals surface area contributed by atoms with Gasteiger partial charge in [-0.15, -0.1) is 0 Å². The Morgan fingerprint density at radius 2 is 2.47 bits per heavy atom. The van der Waals surface area contributed by atoms with Gasteiger partial charge in [0.1, 0.15) is 5.02 Å². The van der Waals surface area contributed by atoms with Crippen molar-refractivity contribution in [2.45, 2.75) is 12.5 Å². The second-order valence-electron chi connectivity index (χ2n) is 3.78. The van der Waals surface area contributed by atoms with E-state index in [4.69, 9.17) is 16.7 Å². The predicted octanol–water partition coefficient (Wildman–Crippen LogP) is 0.270. The molecule has 1 amide bonds. The maximum absolute atomic E-state index is 11.3. The van der Waals surface area contributed by atoms with Gasteiger partial charge in [0.2, 0.25) is 0 Å². The van der Waals surface area contributed by atoms with Crippen molar-refractivity contribution in [1.82, 2.24) is 15.5 Å². The first kappa shape index (κ1) is 11.7. The molecule has 92 valence electrons. The highest BCUT2D eigenvalue weighted by molar-refractivity contribution is 6.33. The van der Waals surface area contributed by atoms with Crippen LogP contribution in [0.5, 0.6) is 0 Å². The van der Waals surface area contributed by atoms with Crippen LogP contribution in [-0.2, 0) is 0 Å². The first-order chi connectivity index (χ1) is 8.08. The van der Waals surface area contributed by atoms with E-state index < -0.39 is 11.7 Å². The molecule has 0 spiro atoms. The lowest BCUT2D eigenvalue weighted by Gasteiger charge is -2.18. The molecule has 1 atom stereocenters. The number of hydrogen-bond donors (Lipinski definition) is 3. The van der Waals surface area contributed by atoms with E-state index in [0.717, 1.165) is 0 Å². The Labute approximate surface area is 101 Å². The van der Waals surface area contributed by atoms with E-state index in [2.05, 4.69) is 15.5 Å². The molecule has 1 aliphatic heterocycles. The number of nitrogens with one attached hydrogen (secondary N) is 2. The molecule has 3 N–H and O–H groups in total. The summed E-state index contributed by atoms with van der Waals surface area (Å²) in [6.45, 7) is 1.12. The fourth-order valence-corrected chi connectivity index (χ4v) is 2.08. The average molecular weight is 259 g/mol. The van der Waals surface area contributed by atoms with Gasteiger partial charge < -0.3 is 15.3 Å². The maximum atomic E-state index is 11.3. The summed E-state index contributed by atoms with van der Waals surface area (Å²) in [6, 6.07) is -0.150. The van der Waals surface area contributed by atoms with Crippen molar-refractivity contribution in [2.24, 2.45) is 0 Å². The van der Waals surface area contributed by atoms with Crippen LogP contribution < -0.4 is 15.8 Å². The first-order valence-corrected chi connectivity index (χ1v) is 5.43. The lowest BCUT2D eigenvalue weighted by atomic mass is 10.3. The normalized spacial score (nSPS) is 19.4. The van der Waals surface area contributed by atoms with Crippen molar-refractivity contribution in [2.75, 3.05) is 18.0 Å². The highest BCUT2D eigenvalue weighted by atomic mass is 35.5. The molecule has 0 aliphatic carbocycles. The number of hydrogen-bond acceptors (Lipinski definition) is 4. The molecule has 0 aromatic carbocycles. The monoisotopic (exact) mass is 258 g/mol. The molecule has 0 radical (unpaired) electrons. The van der Waals surface area contributed by atoms with Gasteiger partial charge in [-0.05, 0) is 6.42 Å². The summed E-state index contributed by atoms with van der Waals surface area (Å²) in [4.78, 5) is 23.6. The predicted molar refractivity (Wildman–Crippen MR) is 61.6 cm³/mol. The van der Waals surface area contributed by atoms with Crippen LogP contribution in [0.4, 0.5) is 10.5 Å². The van der Waals surface area contributed by atoms with Crippen LogP contribution >= 0.6 is 11.6 Å². The van der Waals surface area contributed by atoms with Crippen molar-refractivity contribution in [3.8, 4) is 0 Å². The number of carbonyl (C=O) groups is 1. The zero-order valence-corrected chi connectivity index (χ0v) is 9.57. The summed E-state index contributed by atoms with van der Waals surface area (Å²) in [5.74, 6) is 0. The van der Waals surface area contributed by atoms with Crippen molar-refractivity contribution >= 4 is 23.4 Å². The number of H-pyrrole nitrogens is 1. The first-order valence-electron chi connectivity index (χ1n) is 5.05. The van der Waals surface area contributed by atoms with Crippen LogP contribution in [-0.4, -0.2) is 40.5 Å². The molecule has 1 fully saturated rings. The fourth-order valence-electron chi connectivity index (χ4n) is 1.87. The third-order valence-electron chi connectivity index (χ3n) is 2.63. The van der Waals surface area contributed by atoms with Crippen molar-refractivity contribution in [3.63, 3.8) is 0 Å². The van der Waals surface area contributed by atoms with Crippen molar-refractivity contribution < 1.29 is 9.90 Å². The van der Waals surface area contributed by atoms with Gasteiger partial charge in [0.25, 0.3) is 5.56 Å². The highest BCUT2D eigenvalue weighted by Gasteiger charge is 2.26. The van der Waals surface area contributed by atoms with Gasteiger partial charge in [-0.25, -0.2) is 9.89 Å². The molecule has 8 heteroatoms. The summed E-state index contributed by atoms with van der Waals surface area (Å²) >= 11 is 5.86. The number of rotatable bonds is 2. The van der Waals surface area contributed by atoms with Gasteiger partial charge in [-0.3, -0.25) is 4.79 Å². The molecule has 0 bridgehead atoms. The van der Waals surface area contributed by atoms with E-state index in [1.807, 2.05) is 4.90 Å².